The summed E-state index contributed by atoms with van der Waals surface area (Å²) >= 11 is 0. The second-order valence-electron chi connectivity index (χ2n) is 2.75. The Morgan fingerprint density at radius 2 is 2.12 bits per heavy atom. The topological polar surface area (TPSA) is 102 Å². The number of hydrogen-bond donors (Lipinski definition) is 1. The average Bonchev–Trinajstić information content (AvgIpc) is 2.44. The number of nitrogens with one attached hydrogen (secondary N) is 1. The monoisotopic (exact) mass is 247 g/mol. The van der Waals surface area contributed by atoms with Crippen LogP contribution in [0.1, 0.15) is 23.1 Å². The Bertz CT molecular complexity index is 456. The molecule has 0 aliphatic heterocycles. The molecule has 0 aliphatic rings. The molecule has 0 aliphatic carbocycles. The number of aromatic nitrogens is 2. The molecule has 0 fully saturated rings. The van der Waals surface area contributed by atoms with Gasteiger partial charge in [0.25, 0.3) is 0 Å². The second kappa shape index (κ2) is 6.72. The lowest BCUT2D eigenvalue weighted by atomic mass is 10.4. The van der Waals surface area contributed by atoms with Gasteiger partial charge in [-0.2, -0.15) is 18.3 Å². The van der Waals surface area contributed by atoms with Gasteiger partial charge in [0.05, 0.1) is 12.3 Å². The molecule has 0 radical (unpaired) electrons. The van der Waals surface area contributed by atoms with Gasteiger partial charge < -0.3 is 4.74 Å². The van der Waals surface area contributed by atoms with Crippen molar-refractivity contribution >= 4 is 16.5 Å². The normalized spacial score (nSPS) is 8.94. The molecule has 90 valence electrons. The van der Waals surface area contributed by atoms with Crippen LogP contribution in [0, 0.1) is 11.7 Å². The summed E-state index contributed by atoms with van der Waals surface area (Å²) < 4.78 is 29.2. The van der Waals surface area contributed by atoms with Gasteiger partial charge in [-0.3, -0.25) is 4.68 Å². The number of esters is 1. The minimum Gasteiger partial charge on any atom is -0.461 e. The van der Waals surface area contributed by atoms with Crippen LogP contribution in [-0.4, -0.2) is 30.8 Å². The van der Waals surface area contributed by atoms with Crippen LogP contribution >= 0.6 is 0 Å². The molecule has 8 heteroatoms. The Kier molecular flexibility index (Phi) is 6.01. The van der Waals surface area contributed by atoms with Crippen LogP contribution in [0.15, 0.2) is 6.07 Å². The van der Waals surface area contributed by atoms with Gasteiger partial charge in [0, 0.05) is 7.05 Å². The molecule has 1 heterocycles. The van der Waals surface area contributed by atoms with Crippen molar-refractivity contribution in [3.05, 3.63) is 17.5 Å². The van der Waals surface area contributed by atoms with Gasteiger partial charge >= 0.3 is 16.5 Å². The van der Waals surface area contributed by atoms with Crippen molar-refractivity contribution in [1.82, 2.24) is 9.78 Å². The summed E-state index contributed by atoms with van der Waals surface area (Å²) in [4.78, 5) is 11.2. The molecule has 0 saturated carbocycles. The molecule has 0 atom stereocenters. The van der Waals surface area contributed by atoms with E-state index < -0.39 is 10.5 Å². The van der Waals surface area contributed by atoms with Crippen LogP contribution in [-0.2, 0) is 22.3 Å². The van der Waals surface area contributed by atoms with Crippen LogP contribution in [0.4, 0.5) is 0 Å². The number of carbonyl (C=O) groups excluding carboxylic acids is 1. The molecule has 0 saturated heterocycles. The molecule has 0 unspecified atom stereocenters. The van der Waals surface area contributed by atoms with Crippen molar-refractivity contribution < 1.29 is 17.9 Å². The molecule has 0 bridgehead atoms. The zero-order valence-electron chi connectivity index (χ0n) is 9.22. The summed E-state index contributed by atoms with van der Waals surface area (Å²) in [6, 6.07) is 1.71. The second-order valence-corrected chi connectivity index (χ2v) is 3.22. The van der Waals surface area contributed by atoms with Gasteiger partial charge in [-0.05, 0) is 19.9 Å². The van der Waals surface area contributed by atoms with Crippen molar-refractivity contribution in [1.29, 1.82) is 4.78 Å². The first-order chi connectivity index (χ1) is 7.38. The molecule has 1 aromatic heterocycles. The summed E-state index contributed by atoms with van der Waals surface area (Å²) in [5.41, 5.74) is 1.31. The van der Waals surface area contributed by atoms with Gasteiger partial charge in [-0.15, -0.1) is 0 Å². The summed E-state index contributed by atoms with van der Waals surface area (Å²) in [6.07, 6.45) is 0. The van der Waals surface area contributed by atoms with Crippen molar-refractivity contribution in [2.75, 3.05) is 6.61 Å². The van der Waals surface area contributed by atoms with Gasteiger partial charge in [-0.1, -0.05) is 0 Å². The quantitative estimate of drug-likeness (QED) is 0.768. The van der Waals surface area contributed by atoms with E-state index in [9.17, 15) is 4.79 Å². The lowest BCUT2D eigenvalue weighted by Gasteiger charge is -2.00. The Morgan fingerprint density at radius 1 is 1.62 bits per heavy atom. The lowest BCUT2D eigenvalue weighted by Crippen LogP contribution is -2.10. The molecule has 7 nitrogen and oxygen atoms in total. The highest BCUT2D eigenvalue weighted by atomic mass is 32.2. The summed E-state index contributed by atoms with van der Waals surface area (Å²) in [5, 5.41) is 4.03. The maximum Gasteiger partial charge on any atom is 0.356 e. The van der Waals surface area contributed by atoms with Gasteiger partial charge in [-0.25, -0.2) is 4.79 Å². The van der Waals surface area contributed by atoms with E-state index in [1.807, 2.05) is 6.92 Å². The summed E-state index contributed by atoms with van der Waals surface area (Å²) in [6.45, 7) is 4.01. The number of aryl methyl sites for hydroxylation is 2. The van der Waals surface area contributed by atoms with Crippen molar-refractivity contribution in [2.24, 2.45) is 7.05 Å². The number of rotatable bonds is 2. The highest BCUT2D eigenvalue weighted by molar-refractivity contribution is 7.60. The van der Waals surface area contributed by atoms with E-state index in [0.717, 1.165) is 5.69 Å². The minimum atomic E-state index is -2.61. The third-order valence-corrected chi connectivity index (χ3v) is 1.49. The summed E-state index contributed by atoms with van der Waals surface area (Å²) in [7, 11) is -0.890. The van der Waals surface area contributed by atoms with Gasteiger partial charge in [0.15, 0.2) is 0 Å². The van der Waals surface area contributed by atoms with Gasteiger partial charge in [0.2, 0.25) is 0 Å². The first kappa shape index (κ1) is 14.3. The molecule has 1 aromatic rings. The van der Waals surface area contributed by atoms with Crippen LogP contribution in [0.2, 0.25) is 0 Å². The Labute approximate surface area is 94.5 Å². The maximum atomic E-state index is 11.2. The number of hydrogen-bond acceptors (Lipinski definition) is 6. The van der Waals surface area contributed by atoms with Crippen molar-refractivity contribution in [3.63, 3.8) is 0 Å². The largest absolute Gasteiger partial charge is 0.461 e. The standard InChI is InChI=1S/C8H12N2O2.HNO2S/c1-4-12-8(11)7-5-6(2)9-10(7)3;1-4(2)3/h5H,4H2,1-3H3;1H. The average molecular weight is 247 g/mol. The minimum absolute atomic E-state index is 0.319. The van der Waals surface area contributed by atoms with E-state index >= 15 is 0 Å². The highest BCUT2D eigenvalue weighted by Crippen LogP contribution is 2.03. The Hall–Kier alpha value is -1.70. The van der Waals surface area contributed by atoms with E-state index in [2.05, 4.69) is 5.10 Å². The molecular weight excluding hydrogens is 234 g/mol. The zero-order chi connectivity index (χ0) is 12.7. The first-order valence-electron chi connectivity index (χ1n) is 4.36. The number of carbonyl (C=O) groups is 1. The van der Waals surface area contributed by atoms with Crippen molar-refractivity contribution in [2.45, 2.75) is 13.8 Å². The number of ether oxygens (including phenoxy) is 1. The highest BCUT2D eigenvalue weighted by Gasteiger charge is 2.11. The molecule has 0 spiro atoms. The molecule has 1 rings (SSSR count). The number of nitrogens with zero attached hydrogens (tertiary/aromatic N) is 2. The zero-order valence-corrected chi connectivity index (χ0v) is 10.0. The predicted octanol–water partition coefficient (Wildman–Crippen LogP) is 0.533. The third-order valence-electron chi connectivity index (χ3n) is 1.49. The third kappa shape index (κ3) is 5.25. The fourth-order valence-electron chi connectivity index (χ4n) is 1.01. The van der Waals surface area contributed by atoms with Gasteiger partial charge in [0.1, 0.15) is 5.69 Å². The molecule has 0 amide bonds. The van der Waals surface area contributed by atoms with Crippen LogP contribution in [0.25, 0.3) is 0 Å². The van der Waals surface area contributed by atoms with E-state index in [4.69, 9.17) is 17.9 Å². The fraction of sp³-hybridized carbons (Fsp3) is 0.500. The molecule has 16 heavy (non-hydrogen) atoms. The van der Waals surface area contributed by atoms with E-state index in [0.29, 0.717) is 12.3 Å². The molecule has 1 N–H and O–H groups in total. The van der Waals surface area contributed by atoms with Crippen LogP contribution in [0.3, 0.4) is 0 Å². The van der Waals surface area contributed by atoms with Crippen LogP contribution < -0.4 is 0 Å². The Balaban J connectivity index is 0.000000487. The molecule has 0 aromatic carbocycles. The lowest BCUT2D eigenvalue weighted by molar-refractivity contribution is 0.0513. The van der Waals surface area contributed by atoms with E-state index in [-0.39, 0.29) is 5.97 Å². The Morgan fingerprint density at radius 3 is 2.44 bits per heavy atom. The first-order valence-corrected chi connectivity index (χ1v) is 5.44. The SMILES string of the molecule is CCOC(=O)c1cc(C)nn1C.N=S(=O)=O. The fourth-order valence-corrected chi connectivity index (χ4v) is 1.01. The van der Waals surface area contributed by atoms with E-state index in [1.54, 1.807) is 20.0 Å². The van der Waals surface area contributed by atoms with E-state index in [1.165, 1.54) is 4.68 Å². The maximum absolute atomic E-state index is 11.2. The van der Waals surface area contributed by atoms with Crippen molar-refractivity contribution in [3.8, 4) is 0 Å². The smallest absolute Gasteiger partial charge is 0.356 e. The van der Waals surface area contributed by atoms with Crippen LogP contribution in [0.5, 0.6) is 0 Å². The summed E-state index contributed by atoms with van der Waals surface area (Å²) in [5.74, 6) is -0.319. The molecular formula is C8H13N3O4S. The predicted molar refractivity (Wildman–Crippen MR) is 55.5 cm³/mol.